The maximum atomic E-state index is 13.8. The minimum absolute atomic E-state index is 0.0293. The average molecular weight is 492 g/mol. The average Bonchev–Trinajstić information content (AvgIpc) is 3.43. The molecule has 2 N–H and O–H groups in total. The van der Waals surface area contributed by atoms with Crippen molar-refractivity contribution >= 4 is 42.3 Å². The summed E-state index contributed by atoms with van der Waals surface area (Å²) < 4.78 is 16.6. The zero-order valence-corrected chi connectivity index (χ0v) is 19.6. The number of nitrogens with one attached hydrogen (secondary N) is 1. The fraction of sp³-hybridized carbons (Fsp3) is 0.217. The molecule has 7 nitrogen and oxygen atoms in total. The van der Waals surface area contributed by atoms with Crippen molar-refractivity contribution in [3.05, 3.63) is 66.6 Å². The van der Waals surface area contributed by atoms with Crippen LogP contribution >= 0.6 is 0 Å². The second-order valence-corrected chi connectivity index (χ2v) is 10.5. The van der Waals surface area contributed by atoms with Gasteiger partial charge in [0.15, 0.2) is 0 Å². The van der Waals surface area contributed by atoms with Crippen LogP contribution in [0.2, 0.25) is 5.21 Å². The second-order valence-electron chi connectivity index (χ2n) is 7.68. The van der Waals surface area contributed by atoms with Crippen molar-refractivity contribution < 1.29 is 9.50 Å². The van der Waals surface area contributed by atoms with Crippen LogP contribution in [-0.2, 0) is 6.42 Å². The number of nitrogens with zero attached hydrogens (tertiary/aromatic N) is 5. The number of aliphatic hydroxyl groups excluding tert-OH is 1. The number of aliphatic hydroxyl groups is 1. The van der Waals surface area contributed by atoms with Crippen molar-refractivity contribution in [1.82, 2.24) is 29.5 Å². The molecule has 0 saturated carbocycles. The van der Waals surface area contributed by atoms with Crippen LogP contribution in [0.15, 0.2) is 55.2 Å². The molecule has 0 amide bonds. The molecule has 4 aromatic heterocycles. The summed E-state index contributed by atoms with van der Waals surface area (Å²) in [6, 6.07) is 9.51. The number of rotatable bonds is 7. The van der Waals surface area contributed by atoms with E-state index in [-0.39, 0.29) is 12.6 Å². The summed E-state index contributed by atoms with van der Waals surface area (Å²) in [6.07, 6.45) is 7.45. The molecule has 0 aliphatic heterocycles. The Morgan fingerprint density at radius 1 is 1.22 bits per heavy atom. The van der Waals surface area contributed by atoms with Crippen molar-refractivity contribution in [3.8, 4) is 11.4 Å². The van der Waals surface area contributed by atoms with Gasteiger partial charge < -0.3 is 0 Å². The zero-order valence-electron chi connectivity index (χ0n) is 17.5. The fourth-order valence-electron chi connectivity index (χ4n) is 3.77. The molecule has 0 bridgehead atoms. The van der Waals surface area contributed by atoms with E-state index in [9.17, 15) is 9.50 Å². The molecular formula is C23H22AsFN6O. The van der Waals surface area contributed by atoms with Crippen LogP contribution in [-0.4, -0.2) is 57.0 Å². The third kappa shape index (κ3) is 3.92. The molecule has 2 atom stereocenters. The van der Waals surface area contributed by atoms with Crippen LogP contribution in [0.1, 0.15) is 18.5 Å². The van der Waals surface area contributed by atoms with Gasteiger partial charge in [-0.1, -0.05) is 0 Å². The molecule has 4 heterocycles. The molecule has 0 aliphatic rings. The Bertz CT molecular complexity index is 1400. The van der Waals surface area contributed by atoms with E-state index < -0.39 is 21.6 Å². The number of para-hydroxylation sites is 1. The summed E-state index contributed by atoms with van der Waals surface area (Å²) >= 11 is -0.644. The molecule has 0 spiro atoms. The van der Waals surface area contributed by atoms with Gasteiger partial charge in [-0.15, -0.1) is 0 Å². The summed E-state index contributed by atoms with van der Waals surface area (Å²) in [5, 5.41) is 11.9. The molecule has 0 aliphatic carbocycles. The molecule has 5 aromatic rings. The number of fused-ring (bicyclic) bond motifs is 2. The first-order valence-corrected chi connectivity index (χ1v) is 12.9. The SMILES string of the molecule is CC(CO)n1cnc2c([AsH]CCc3c[nH]c4ccccc34)nc(-c3cncc(F)c3)nc21. The molecule has 0 saturated heterocycles. The number of halogens is 1. The van der Waals surface area contributed by atoms with Crippen LogP contribution in [0.3, 0.4) is 0 Å². The summed E-state index contributed by atoms with van der Waals surface area (Å²) in [5.41, 5.74) is 4.39. The van der Waals surface area contributed by atoms with Crippen LogP contribution in [0.25, 0.3) is 33.5 Å². The number of H-pyrrole nitrogens is 1. The minimum atomic E-state index is -0.644. The Morgan fingerprint density at radius 2 is 2.09 bits per heavy atom. The van der Waals surface area contributed by atoms with E-state index in [0.717, 1.165) is 33.3 Å². The van der Waals surface area contributed by atoms with Crippen molar-refractivity contribution in [3.63, 3.8) is 0 Å². The molecule has 2 unspecified atom stereocenters. The van der Waals surface area contributed by atoms with Crippen LogP contribution in [0.4, 0.5) is 4.39 Å². The number of hydrogen-bond donors (Lipinski definition) is 2. The van der Waals surface area contributed by atoms with E-state index in [1.54, 1.807) is 12.5 Å². The van der Waals surface area contributed by atoms with Crippen LogP contribution < -0.4 is 4.48 Å². The first kappa shape index (κ1) is 20.8. The van der Waals surface area contributed by atoms with E-state index in [1.165, 1.54) is 17.0 Å². The summed E-state index contributed by atoms with van der Waals surface area (Å²) in [4.78, 5) is 21.3. The van der Waals surface area contributed by atoms with Crippen molar-refractivity contribution in [2.45, 2.75) is 24.6 Å². The standard InChI is InChI=1S/C23H22AsFN6O/c1-14(12-32)31-13-28-20-21(24-7-6-15-10-27-19-5-3-2-4-18(15)19)29-22(30-23(20)31)16-8-17(25)11-26-9-16/h2-5,8-11,13-14,24,27,32H,6-7,12H2,1H3. The first-order valence-electron chi connectivity index (χ1n) is 10.4. The summed E-state index contributed by atoms with van der Waals surface area (Å²) in [7, 11) is 0. The van der Waals surface area contributed by atoms with E-state index >= 15 is 0 Å². The molecule has 1 aromatic carbocycles. The number of benzene rings is 1. The zero-order chi connectivity index (χ0) is 22.1. The van der Waals surface area contributed by atoms with Gasteiger partial charge in [-0.2, -0.15) is 0 Å². The van der Waals surface area contributed by atoms with Gasteiger partial charge in [0, 0.05) is 0 Å². The quantitative estimate of drug-likeness (QED) is 0.341. The van der Waals surface area contributed by atoms with Crippen LogP contribution in [0, 0.1) is 5.82 Å². The van der Waals surface area contributed by atoms with Gasteiger partial charge in [-0.25, -0.2) is 0 Å². The Hall–Kier alpha value is -3.09. The third-order valence-corrected chi connectivity index (χ3v) is 7.97. The predicted octanol–water partition coefficient (Wildman–Crippen LogP) is 2.78. The molecule has 9 heteroatoms. The van der Waals surface area contributed by atoms with Gasteiger partial charge in [-0.3, -0.25) is 0 Å². The number of hydrogen-bond acceptors (Lipinski definition) is 5. The van der Waals surface area contributed by atoms with Gasteiger partial charge in [0.05, 0.1) is 0 Å². The Morgan fingerprint density at radius 3 is 2.94 bits per heavy atom. The normalized spacial score (nSPS) is 13.0. The predicted molar refractivity (Wildman–Crippen MR) is 124 cm³/mol. The van der Waals surface area contributed by atoms with Gasteiger partial charge in [0.1, 0.15) is 0 Å². The molecule has 5 rings (SSSR count). The molecule has 32 heavy (non-hydrogen) atoms. The number of aryl methyl sites for hydroxylation is 1. The van der Waals surface area contributed by atoms with Gasteiger partial charge >= 0.3 is 191 Å². The summed E-state index contributed by atoms with van der Waals surface area (Å²) in [5.74, 6) is 0.00238. The topological polar surface area (TPSA) is 92.5 Å². The number of aromatic nitrogens is 6. The van der Waals surface area contributed by atoms with Crippen molar-refractivity contribution in [1.29, 1.82) is 0 Å². The van der Waals surface area contributed by atoms with E-state index in [1.807, 2.05) is 17.6 Å². The molecule has 0 fully saturated rings. The van der Waals surface area contributed by atoms with Gasteiger partial charge in [0.2, 0.25) is 0 Å². The first-order chi connectivity index (χ1) is 15.6. The van der Waals surface area contributed by atoms with Gasteiger partial charge in [0.25, 0.3) is 0 Å². The fourth-order valence-corrected chi connectivity index (χ4v) is 6.20. The van der Waals surface area contributed by atoms with Crippen molar-refractivity contribution in [2.75, 3.05) is 6.61 Å². The third-order valence-electron chi connectivity index (χ3n) is 5.49. The second kappa shape index (κ2) is 8.80. The number of imidazole rings is 1. The van der Waals surface area contributed by atoms with Gasteiger partial charge in [-0.05, 0) is 0 Å². The summed E-state index contributed by atoms with van der Waals surface area (Å²) in [6.45, 7) is 1.87. The van der Waals surface area contributed by atoms with E-state index in [2.05, 4.69) is 44.3 Å². The number of aromatic amines is 1. The van der Waals surface area contributed by atoms with E-state index in [4.69, 9.17) is 4.98 Å². The molecule has 162 valence electrons. The van der Waals surface area contributed by atoms with Crippen molar-refractivity contribution in [2.24, 2.45) is 0 Å². The Balaban J connectivity index is 1.50. The maximum absolute atomic E-state index is 13.8. The molecular weight excluding hydrogens is 470 g/mol. The van der Waals surface area contributed by atoms with Crippen LogP contribution in [0.5, 0.6) is 0 Å². The molecule has 0 radical (unpaired) electrons. The van der Waals surface area contributed by atoms with E-state index in [0.29, 0.717) is 17.0 Å². The Kier molecular flexibility index (Phi) is 5.72. The Labute approximate surface area is 190 Å². The number of pyridine rings is 1. The monoisotopic (exact) mass is 492 g/mol.